The molecule has 8 nitrogen and oxygen atoms in total. The molecule has 17 heavy (non-hydrogen) atoms. The Kier molecular flexibility index (Phi) is 4.88. The summed E-state index contributed by atoms with van der Waals surface area (Å²) < 4.78 is 1.41. The molecule has 1 atom stereocenters. The summed E-state index contributed by atoms with van der Waals surface area (Å²) >= 11 is 1.02. The molecule has 0 radical (unpaired) electrons. The molecule has 0 aliphatic rings. The van der Waals surface area contributed by atoms with E-state index in [2.05, 4.69) is 15.5 Å². The highest BCUT2D eigenvalue weighted by Crippen LogP contribution is 2.20. The fourth-order valence-corrected chi connectivity index (χ4v) is 1.76. The summed E-state index contributed by atoms with van der Waals surface area (Å²) in [5, 5.41) is 27.8. The van der Waals surface area contributed by atoms with Crippen molar-refractivity contribution in [3.8, 4) is 0 Å². The molecule has 0 saturated heterocycles. The standard InChI is InChI=1S/C8H12N4O4S/c1-5(7(15)16)17-8-9-10-11-12(8)4-2-3-6(13)14/h5H,2-4H2,1H3,(H,13,14)(H,15,16). The number of hydrogen-bond acceptors (Lipinski definition) is 6. The van der Waals surface area contributed by atoms with Crippen molar-refractivity contribution in [2.45, 2.75) is 36.7 Å². The number of carboxylic acids is 2. The van der Waals surface area contributed by atoms with Gasteiger partial charge in [-0.15, -0.1) is 5.10 Å². The minimum absolute atomic E-state index is 0.0262. The number of carboxylic acid groups (broad SMARTS) is 2. The second-order valence-electron chi connectivity index (χ2n) is 3.28. The van der Waals surface area contributed by atoms with E-state index >= 15 is 0 Å². The van der Waals surface area contributed by atoms with Crippen molar-refractivity contribution < 1.29 is 19.8 Å². The van der Waals surface area contributed by atoms with Gasteiger partial charge >= 0.3 is 11.9 Å². The van der Waals surface area contributed by atoms with Crippen molar-refractivity contribution in [2.24, 2.45) is 0 Å². The molecule has 2 N–H and O–H groups in total. The Balaban J connectivity index is 2.53. The van der Waals surface area contributed by atoms with Crippen molar-refractivity contribution in [1.29, 1.82) is 0 Å². The number of tetrazole rings is 1. The number of aliphatic carboxylic acids is 2. The monoisotopic (exact) mass is 260 g/mol. The van der Waals surface area contributed by atoms with Gasteiger partial charge in [-0.3, -0.25) is 9.59 Å². The maximum Gasteiger partial charge on any atom is 0.316 e. The van der Waals surface area contributed by atoms with E-state index in [0.29, 0.717) is 18.1 Å². The van der Waals surface area contributed by atoms with Crippen LogP contribution in [0.4, 0.5) is 0 Å². The third-order valence-corrected chi connectivity index (χ3v) is 2.95. The number of hydrogen-bond donors (Lipinski definition) is 2. The van der Waals surface area contributed by atoms with E-state index in [4.69, 9.17) is 10.2 Å². The second kappa shape index (κ2) is 6.18. The van der Waals surface area contributed by atoms with Gasteiger partial charge in [0.25, 0.3) is 0 Å². The van der Waals surface area contributed by atoms with Crippen molar-refractivity contribution in [3.63, 3.8) is 0 Å². The Labute approximate surface area is 101 Å². The molecular formula is C8H12N4O4S. The van der Waals surface area contributed by atoms with Gasteiger partial charge in [-0.25, -0.2) is 4.68 Å². The summed E-state index contributed by atoms with van der Waals surface area (Å²) in [6.45, 7) is 1.89. The summed E-state index contributed by atoms with van der Waals surface area (Å²) in [5.74, 6) is -1.83. The average Bonchev–Trinajstić information content (AvgIpc) is 2.65. The molecule has 1 unspecified atom stereocenters. The topological polar surface area (TPSA) is 118 Å². The lowest BCUT2D eigenvalue weighted by Crippen LogP contribution is -2.13. The number of carbonyl (C=O) groups is 2. The minimum atomic E-state index is -0.949. The van der Waals surface area contributed by atoms with Crippen LogP contribution in [0.25, 0.3) is 0 Å². The van der Waals surface area contributed by atoms with Gasteiger partial charge < -0.3 is 10.2 Å². The second-order valence-corrected chi connectivity index (χ2v) is 4.59. The van der Waals surface area contributed by atoms with Crippen LogP contribution in [0, 0.1) is 0 Å². The predicted molar refractivity (Wildman–Crippen MR) is 57.6 cm³/mol. The molecule has 0 aromatic carbocycles. The van der Waals surface area contributed by atoms with Gasteiger partial charge in [0.15, 0.2) is 0 Å². The first-order valence-electron chi connectivity index (χ1n) is 4.88. The number of aromatic nitrogens is 4. The van der Waals surface area contributed by atoms with Crippen LogP contribution in [-0.4, -0.2) is 47.6 Å². The molecule has 0 fully saturated rings. The largest absolute Gasteiger partial charge is 0.481 e. The molecule has 0 bridgehead atoms. The highest BCUT2D eigenvalue weighted by Gasteiger charge is 2.17. The van der Waals surface area contributed by atoms with E-state index < -0.39 is 17.2 Å². The first-order chi connectivity index (χ1) is 8.00. The van der Waals surface area contributed by atoms with Gasteiger partial charge in [-0.05, 0) is 23.8 Å². The molecule has 1 aromatic heterocycles. The number of nitrogens with zero attached hydrogens (tertiary/aromatic N) is 4. The maximum absolute atomic E-state index is 10.7. The van der Waals surface area contributed by atoms with Crippen molar-refractivity contribution in [3.05, 3.63) is 0 Å². The summed E-state index contributed by atoms with van der Waals surface area (Å²) in [5.41, 5.74) is 0. The maximum atomic E-state index is 10.7. The smallest absolute Gasteiger partial charge is 0.316 e. The molecule has 0 spiro atoms. The number of thioether (sulfide) groups is 1. The quantitative estimate of drug-likeness (QED) is 0.663. The fraction of sp³-hybridized carbons (Fsp3) is 0.625. The molecule has 1 rings (SSSR count). The molecule has 9 heteroatoms. The fourth-order valence-electron chi connectivity index (χ4n) is 1.01. The Morgan fingerprint density at radius 1 is 1.47 bits per heavy atom. The van der Waals surface area contributed by atoms with Crippen LogP contribution < -0.4 is 0 Å². The highest BCUT2D eigenvalue weighted by molar-refractivity contribution is 8.00. The van der Waals surface area contributed by atoms with Crippen LogP contribution in [0.1, 0.15) is 19.8 Å². The summed E-state index contributed by atoms with van der Waals surface area (Å²) in [6, 6.07) is 0. The average molecular weight is 260 g/mol. The van der Waals surface area contributed by atoms with Gasteiger partial charge in [0, 0.05) is 13.0 Å². The van der Waals surface area contributed by atoms with Crippen molar-refractivity contribution in [2.75, 3.05) is 0 Å². The highest BCUT2D eigenvalue weighted by atomic mass is 32.2. The zero-order chi connectivity index (χ0) is 12.8. The van der Waals surface area contributed by atoms with Crippen LogP contribution in [-0.2, 0) is 16.1 Å². The van der Waals surface area contributed by atoms with Gasteiger partial charge in [-0.1, -0.05) is 11.8 Å². The summed E-state index contributed by atoms with van der Waals surface area (Å²) in [6.07, 6.45) is 0.424. The summed E-state index contributed by atoms with van der Waals surface area (Å²) in [4.78, 5) is 21.0. The molecule has 0 aliphatic carbocycles. The molecule has 0 amide bonds. The van der Waals surface area contributed by atoms with E-state index in [0.717, 1.165) is 11.8 Å². The third kappa shape index (κ3) is 4.39. The van der Waals surface area contributed by atoms with Gasteiger partial charge in [0.05, 0.1) is 0 Å². The lowest BCUT2D eigenvalue weighted by atomic mass is 10.3. The Morgan fingerprint density at radius 2 is 2.18 bits per heavy atom. The van der Waals surface area contributed by atoms with Crippen molar-refractivity contribution in [1.82, 2.24) is 20.2 Å². The van der Waals surface area contributed by atoms with Crippen LogP contribution in [0.3, 0.4) is 0 Å². The normalized spacial score (nSPS) is 12.3. The van der Waals surface area contributed by atoms with Crippen LogP contribution in [0.5, 0.6) is 0 Å². The SMILES string of the molecule is CC(Sc1nnnn1CCCC(=O)O)C(=O)O. The van der Waals surface area contributed by atoms with Gasteiger partial charge in [0.2, 0.25) is 5.16 Å². The van der Waals surface area contributed by atoms with E-state index in [-0.39, 0.29) is 6.42 Å². The van der Waals surface area contributed by atoms with E-state index in [1.807, 2.05) is 0 Å². The predicted octanol–water partition coefficient (Wildman–Crippen LogP) is 0.103. The Hall–Kier alpha value is -1.64. The van der Waals surface area contributed by atoms with Crippen molar-refractivity contribution >= 4 is 23.7 Å². The van der Waals surface area contributed by atoms with E-state index in [1.54, 1.807) is 0 Å². The molecule has 1 heterocycles. The lowest BCUT2D eigenvalue weighted by Gasteiger charge is -2.05. The number of rotatable bonds is 7. The zero-order valence-electron chi connectivity index (χ0n) is 9.11. The minimum Gasteiger partial charge on any atom is -0.481 e. The third-order valence-electron chi connectivity index (χ3n) is 1.89. The first kappa shape index (κ1) is 13.4. The lowest BCUT2D eigenvalue weighted by molar-refractivity contribution is -0.137. The Bertz CT molecular complexity index is 408. The molecule has 1 aromatic rings. The van der Waals surface area contributed by atoms with Crippen LogP contribution in [0.15, 0.2) is 5.16 Å². The van der Waals surface area contributed by atoms with E-state index in [1.165, 1.54) is 11.6 Å². The number of aryl methyl sites for hydroxylation is 1. The molecule has 0 aliphatic heterocycles. The van der Waals surface area contributed by atoms with Crippen LogP contribution in [0.2, 0.25) is 0 Å². The first-order valence-corrected chi connectivity index (χ1v) is 5.76. The zero-order valence-corrected chi connectivity index (χ0v) is 9.92. The molecular weight excluding hydrogens is 248 g/mol. The molecule has 0 saturated carbocycles. The summed E-state index contributed by atoms with van der Waals surface area (Å²) in [7, 11) is 0. The molecule has 94 valence electrons. The van der Waals surface area contributed by atoms with Gasteiger partial charge in [-0.2, -0.15) is 0 Å². The van der Waals surface area contributed by atoms with E-state index in [9.17, 15) is 9.59 Å². The van der Waals surface area contributed by atoms with Gasteiger partial charge in [0.1, 0.15) is 5.25 Å². The van der Waals surface area contributed by atoms with Crippen LogP contribution >= 0.6 is 11.8 Å². The Morgan fingerprint density at radius 3 is 2.76 bits per heavy atom.